The number of hydrogen-bond acceptors (Lipinski definition) is 5. The monoisotopic (exact) mass is 337 g/mol. The lowest BCUT2D eigenvalue weighted by molar-refractivity contribution is -0.147. The fourth-order valence-electron chi connectivity index (χ4n) is 2.70. The molecule has 1 fully saturated rings. The van der Waals surface area contributed by atoms with E-state index in [-0.39, 0.29) is 17.2 Å². The topological polar surface area (TPSA) is 105 Å². The summed E-state index contributed by atoms with van der Waals surface area (Å²) >= 11 is 0. The number of carboxylic acids is 1. The van der Waals surface area contributed by atoms with Gasteiger partial charge in [0.05, 0.1) is 18.2 Å². The second kappa shape index (κ2) is 6.22. The Labute approximate surface area is 140 Å². The van der Waals surface area contributed by atoms with E-state index in [1.165, 1.54) is 19.2 Å². The van der Waals surface area contributed by atoms with Crippen molar-refractivity contribution in [3.8, 4) is 11.5 Å². The second-order valence-electron chi connectivity index (χ2n) is 6.94. The van der Waals surface area contributed by atoms with Crippen LogP contribution in [0.2, 0.25) is 0 Å². The van der Waals surface area contributed by atoms with Gasteiger partial charge in [0.1, 0.15) is 5.60 Å². The maximum absolute atomic E-state index is 12.0. The number of aliphatic carboxylic acids is 1. The van der Waals surface area contributed by atoms with E-state index in [1.807, 2.05) is 0 Å². The molecule has 1 aromatic carbocycles. The predicted molar refractivity (Wildman–Crippen MR) is 87.7 cm³/mol. The molecule has 0 aromatic heterocycles. The first kappa shape index (κ1) is 17.9. The van der Waals surface area contributed by atoms with Crippen molar-refractivity contribution in [2.45, 2.75) is 51.0 Å². The van der Waals surface area contributed by atoms with Crippen molar-refractivity contribution in [1.29, 1.82) is 0 Å². The Morgan fingerprint density at radius 1 is 1.25 bits per heavy atom. The van der Waals surface area contributed by atoms with Crippen molar-refractivity contribution in [3.05, 3.63) is 17.7 Å². The number of carbonyl (C=O) groups excluding carboxylic acids is 1. The molecule has 0 spiro atoms. The van der Waals surface area contributed by atoms with Gasteiger partial charge in [0.25, 0.3) is 0 Å². The fourth-order valence-corrected chi connectivity index (χ4v) is 2.70. The number of rotatable bonds is 4. The molecule has 0 bridgehead atoms. The van der Waals surface area contributed by atoms with Crippen LogP contribution in [0.3, 0.4) is 0 Å². The van der Waals surface area contributed by atoms with Gasteiger partial charge in [-0.3, -0.25) is 10.1 Å². The van der Waals surface area contributed by atoms with Crippen molar-refractivity contribution < 1.29 is 29.3 Å². The molecule has 24 heavy (non-hydrogen) atoms. The summed E-state index contributed by atoms with van der Waals surface area (Å²) in [4.78, 5) is 23.7. The van der Waals surface area contributed by atoms with E-state index in [1.54, 1.807) is 20.8 Å². The Hall–Kier alpha value is -2.44. The number of amides is 1. The van der Waals surface area contributed by atoms with E-state index < -0.39 is 23.1 Å². The van der Waals surface area contributed by atoms with E-state index in [9.17, 15) is 19.8 Å². The zero-order chi connectivity index (χ0) is 18.1. The van der Waals surface area contributed by atoms with Crippen LogP contribution in [-0.4, -0.2) is 35.0 Å². The van der Waals surface area contributed by atoms with Crippen LogP contribution < -0.4 is 10.1 Å². The van der Waals surface area contributed by atoms with Gasteiger partial charge >= 0.3 is 12.1 Å². The number of benzene rings is 1. The Morgan fingerprint density at radius 2 is 1.88 bits per heavy atom. The summed E-state index contributed by atoms with van der Waals surface area (Å²) in [6, 6.07) is 2.97. The van der Waals surface area contributed by atoms with Crippen molar-refractivity contribution >= 4 is 17.7 Å². The van der Waals surface area contributed by atoms with Gasteiger partial charge < -0.3 is 19.7 Å². The average Bonchev–Trinajstić information content (AvgIpc) is 2.37. The fraction of sp³-hybridized carbons (Fsp3) is 0.529. The third kappa shape index (κ3) is 3.39. The summed E-state index contributed by atoms with van der Waals surface area (Å²) in [7, 11) is 1.37. The van der Waals surface area contributed by atoms with Crippen LogP contribution in [-0.2, 0) is 14.9 Å². The SMILES string of the molecule is COc1cc(C2(C(=O)O)CCC2)cc(NC(=O)OC(C)(C)C)c1O. The van der Waals surface area contributed by atoms with Crippen LogP contribution in [0.25, 0.3) is 0 Å². The summed E-state index contributed by atoms with van der Waals surface area (Å²) in [6.07, 6.45) is 1.07. The first-order chi connectivity index (χ1) is 11.1. The molecule has 0 aliphatic heterocycles. The number of phenols is 1. The molecule has 1 amide bonds. The van der Waals surface area contributed by atoms with Gasteiger partial charge in [-0.25, -0.2) is 4.79 Å². The average molecular weight is 337 g/mol. The number of phenolic OH excluding ortho intramolecular Hbond substituents is 1. The number of carboxylic acid groups (broad SMARTS) is 1. The van der Waals surface area contributed by atoms with Crippen molar-refractivity contribution in [2.75, 3.05) is 12.4 Å². The Kier molecular flexibility index (Phi) is 4.64. The van der Waals surface area contributed by atoms with Crippen molar-refractivity contribution in [3.63, 3.8) is 0 Å². The zero-order valence-electron chi connectivity index (χ0n) is 14.3. The predicted octanol–water partition coefficient (Wildman–Crippen LogP) is 3.25. The molecule has 2 rings (SSSR count). The van der Waals surface area contributed by atoms with Crippen LogP contribution in [0.5, 0.6) is 11.5 Å². The summed E-state index contributed by atoms with van der Waals surface area (Å²) in [5.41, 5.74) is -1.16. The molecule has 1 saturated carbocycles. The molecular weight excluding hydrogens is 314 g/mol. The van der Waals surface area contributed by atoms with Gasteiger partial charge in [0.2, 0.25) is 0 Å². The highest BCUT2D eigenvalue weighted by molar-refractivity contribution is 5.90. The summed E-state index contributed by atoms with van der Waals surface area (Å²) in [6.45, 7) is 5.16. The molecule has 0 radical (unpaired) electrons. The molecule has 0 atom stereocenters. The number of aromatic hydroxyl groups is 1. The molecule has 132 valence electrons. The lowest BCUT2D eigenvalue weighted by atomic mass is 9.64. The van der Waals surface area contributed by atoms with E-state index in [4.69, 9.17) is 9.47 Å². The highest BCUT2D eigenvalue weighted by Crippen LogP contribution is 2.48. The highest BCUT2D eigenvalue weighted by atomic mass is 16.6. The van der Waals surface area contributed by atoms with Crippen LogP contribution in [0, 0.1) is 0 Å². The Morgan fingerprint density at radius 3 is 2.29 bits per heavy atom. The largest absolute Gasteiger partial charge is 0.503 e. The minimum atomic E-state index is -1.01. The molecule has 1 aromatic rings. The van der Waals surface area contributed by atoms with E-state index in [0.29, 0.717) is 18.4 Å². The quantitative estimate of drug-likeness (QED) is 0.728. The van der Waals surface area contributed by atoms with E-state index in [2.05, 4.69) is 5.32 Å². The first-order valence-corrected chi connectivity index (χ1v) is 7.74. The van der Waals surface area contributed by atoms with Crippen LogP contribution in [0.4, 0.5) is 10.5 Å². The van der Waals surface area contributed by atoms with Crippen molar-refractivity contribution in [2.24, 2.45) is 0 Å². The molecule has 0 unspecified atom stereocenters. The van der Waals surface area contributed by atoms with Crippen LogP contribution in [0.1, 0.15) is 45.6 Å². The number of anilines is 1. The third-order valence-corrected chi connectivity index (χ3v) is 4.10. The third-order valence-electron chi connectivity index (χ3n) is 4.10. The normalized spacial score (nSPS) is 16.0. The summed E-state index contributed by atoms with van der Waals surface area (Å²) in [5.74, 6) is -1.09. The Balaban J connectivity index is 2.39. The van der Waals surface area contributed by atoms with Gasteiger partial charge in [0.15, 0.2) is 11.5 Å². The van der Waals surface area contributed by atoms with Gasteiger partial charge in [-0.05, 0) is 51.3 Å². The Bertz CT molecular complexity index is 658. The number of hydrogen-bond donors (Lipinski definition) is 3. The molecule has 0 saturated heterocycles. The number of carbonyl (C=O) groups is 2. The number of nitrogens with one attached hydrogen (secondary N) is 1. The molecule has 7 nitrogen and oxygen atoms in total. The minimum absolute atomic E-state index is 0.0612. The number of methoxy groups -OCH3 is 1. The maximum atomic E-state index is 12.0. The van der Waals surface area contributed by atoms with Gasteiger partial charge in [-0.15, -0.1) is 0 Å². The van der Waals surface area contributed by atoms with E-state index >= 15 is 0 Å². The molecule has 0 heterocycles. The lowest BCUT2D eigenvalue weighted by Gasteiger charge is -2.38. The number of ether oxygens (including phenoxy) is 2. The molecule has 1 aliphatic rings. The van der Waals surface area contributed by atoms with Gasteiger partial charge in [-0.1, -0.05) is 6.42 Å². The van der Waals surface area contributed by atoms with Crippen molar-refractivity contribution in [1.82, 2.24) is 0 Å². The smallest absolute Gasteiger partial charge is 0.412 e. The second-order valence-corrected chi connectivity index (χ2v) is 6.94. The summed E-state index contributed by atoms with van der Waals surface area (Å²) in [5, 5.41) is 22.3. The lowest BCUT2D eigenvalue weighted by Crippen LogP contribution is -2.42. The zero-order valence-corrected chi connectivity index (χ0v) is 14.3. The molecule has 3 N–H and O–H groups in total. The van der Waals surface area contributed by atoms with Crippen LogP contribution >= 0.6 is 0 Å². The summed E-state index contributed by atoms with van der Waals surface area (Å²) < 4.78 is 10.3. The highest BCUT2D eigenvalue weighted by Gasteiger charge is 2.46. The maximum Gasteiger partial charge on any atom is 0.412 e. The standard InChI is InChI=1S/C17H23NO6/c1-16(2,3)24-15(22)18-11-8-10(9-12(23-4)13(11)19)17(14(20)21)6-5-7-17/h8-9,19H,5-7H2,1-4H3,(H,18,22)(H,20,21). The molecule has 7 heteroatoms. The van der Waals surface area contributed by atoms with Crippen LogP contribution in [0.15, 0.2) is 12.1 Å². The van der Waals surface area contributed by atoms with Gasteiger partial charge in [0, 0.05) is 0 Å². The van der Waals surface area contributed by atoms with Gasteiger partial charge in [-0.2, -0.15) is 0 Å². The molecular formula is C17H23NO6. The minimum Gasteiger partial charge on any atom is -0.503 e. The molecule has 1 aliphatic carbocycles. The first-order valence-electron chi connectivity index (χ1n) is 7.74. The van der Waals surface area contributed by atoms with E-state index in [0.717, 1.165) is 6.42 Å².